The van der Waals surface area contributed by atoms with E-state index in [0.717, 1.165) is 30.4 Å². The van der Waals surface area contributed by atoms with Gasteiger partial charge >= 0.3 is 6.01 Å². The molecule has 1 aliphatic carbocycles. The number of carbonyl (C=O) groups is 1. The van der Waals surface area contributed by atoms with Gasteiger partial charge in [-0.3, -0.25) is 9.89 Å². The Morgan fingerprint density at radius 3 is 2.67 bits per heavy atom. The molecular weight excluding hydrogens is 457 g/mol. The maximum Gasteiger partial charge on any atom is 0.335 e. The van der Waals surface area contributed by atoms with E-state index in [1.807, 2.05) is 19.9 Å². The minimum absolute atomic E-state index is 0.101. The van der Waals surface area contributed by atoms with Crippen molar-refractivity contribution in [2.75, 3.05) is 19.7 Å². The molecule has 0 radical (unpaired) electrons. The summed E-state index contributed by atoms with van der Waals surface area (Å²) in [5.41, 5.74) is 2.81. The predicted octanol–water partition coefficient (Wildman–Crippen LogP) is 5.28. The molecule has 5 rings (SSSR count). The zero-order chi connectivity index (χ0) is 25.3. The van der Waals surface area contributed by atoms with Crippen molar-refractivity contribution in [1.29, 1.82) is 5.26 Å². The summed E-state index contributed by atoms with van der Waals surface area (Å²) in [7, 11) is 0. The molecule has 0 spiro atoms. The van der Waals surface area contributed by atoms with Crippen LogP contribution in [0.2, 0.25) is 0 Å². The summed E-state index contributed by atoms with van der Waals surface area (Å²) >= 11 is 0. The third-order valence-electron chi connectivity index (χ3n) is 7.27. The molecule has 186 valence electrons. The molecule has 1 amide bonds. The van der Waals surface area contributed by atoms with Crippen LogP contribution in [-0.4, -0.2) is 45.7 Å². The van der Waals surface area contributed by atoms with Gasteiger partial charge in [-0.15, -0.1) is 5.10 Å². The quantitative estimate of drug-likeness (QED) is 0.489. The van der Waals surface area contributed by atoms with E-state index in [1.165, 1.54) is 5.56 Å². The molecule has 1 aliphatic heterocycles. The molecule has 1 N–H and O–H groups in total. The Morgan fingerprint density at radius 1 is 1.25 bits per heavy atom. The van der Waals surface area contributed by atoms with Gasteiger partial charge in [-0.2, -0.15) is 10.2 Å². The first-order chi connectivity index (χ1) is 17.5. The van der Waals surface area contributed by atoms with E-state index < -0.39 is 5.67 Å². The van der Waals surface area contributed by atoms with Gasteiger partial charge in [0.15, 0.2) is 5.82 Å². The largest absolute Gasteiger partial charge is 0.463 e. The number of benzene rings is 2. The van der Waals surface area contributed by atoms with Crippen LogP contribution in [0.25, 0.3) is 11.4 Å². The lowest BCUT2D eigenvalue weighted by molar-refractivity contribution is 0.0419. The molecule has 0 atom stereocenters. The third-order valence-corrected chi connectivity index (χ3v) is 7.27. The Morgan fingerprint density at radius 2 is 2.00 bits per heavy atom. The molecule has 36 heavy (non-hydrogen) atoms. The monoisotopic (exact) mass is 487 g/mol. The van der Waals surface area contributed by atoms with E-state index in [4.69, 9.17) is 4.74 Å². The molecule has 7 nitrogen and oxygen atoms in total. The number of ether oxygens (including phenoxy) is 1. The van der Waals surface area contributed by atoms with E-state index in [2.05, 4.69) is 27.3 Å². The Kier molecular flexibility index (Phi) is 6.48. The van der Waals surface area contributed by atoms with Gasteiger partial charge in [0.05, 0.1) is 18.2 Å². The standard InChI is InChI=1S/C28H30FN5O2/c1-3-18-15-21(19-9-10-19)23(25-31-27(33-32-25)36-4-2)16-22(18)26(35)34-13-11-28(29,12-14-34)24-8-6-5-7-20(24)17-30/h5-8,15-16,19H,3-4,9-14H2,1-2H3,(H,31,32,33). The molecular formula is C28H30FN5O2. The number of nitriles is 1. The smallest absolute Gasteiger partial charge is 0.335 e. The molecule has 2 aromatic carbocycles. The number of piperidine rings is 1. The number of hydrogen-bond acceptors (Lipinski definition) is 5. The first-order valence-corrected chi connectivity index (χ1v) is 12.7. The number of aryl methyl sites for hydroxylation is 1. The van der Waals surface area contributed by atoms with Gasteiger partial charge in [0, 0.05) is 42.6 Å². The maximum absolute atomic E-state index is 15.9. The lowest BCUT2D eigenvalue weighted by Gasteiger charge is -2.37. The summed E-state index contributed by atoms with van der Waals surface area (Å²) in [6.45, 7) is 4.96. The normalized spacial score (nSPS) is 17.0. The Bertz CT molecular complexity index is 1320. The van der Waals surface area contributed by atoms with Crippen LogP contribution in [0.1, 0.15) is 78.1 Å². The van der Waals surface area contributed by atoms with Crippen molar-refractivity contribution in [3.8, 4) is 23.5 Å². The highest BCUT2D eigenvalue weighted by Crippen LogP contribution is 2.45. The minimum atomic E-state index is -1.62. The lowest BCUT2D eigenvalue weighted by atomic mass is 9.83. The van der Waals surface area contributed by atoms with Crippen molar-refractivity contribution in [2.24, 2.45) is 0 Å². The zero-order valence-corrected chi connectivity index (χ0v) is 20.7. The third kappa shape index (κ3) is 4.46. The number of likely N-dealkylation sites (tertiary alicyclic amines) is 1. The summed E-state index contributed by atoms with van der Waals surface area (Å²) in [4.78, 5) is 19.9. The number of H-pyrrole nitrogens is 1. The average molecular weight is 488 g/mol. The molecule has 3 aromatic rings. The van der Waals surface area contributed by atoms with Gasteiger partial charge < -0.3 is 9.64 Å². The summed E-state index contributed by atoms with van der Waals surface area (Å²) in [5, 5.41) is 16.5. The lowest BCUT2D eigenvalue weighted by Crippen LogP contribution is -2.43. The molecule has 1 aromatic heterocycles. The number of nitrogens with one attached hydrogen (secondary N) is 1. The van der Waals surface area contributed by atoms with Crippen molar-refractivity contribution >= 4 is 5.91 Å². The van der Waals surface area contributed by atoms with Crippen molar-refractivity contribution < 1.29 is 13.9 Å². The number of aromatic amines is 1. The van der Waals surface area contributed by atoms with Gasteiger partial charge in [-0.1, -0.05) is 31.2 Å². The van der Waals surface area contributed by atoms with Crippen LogP contribution >= 0.6 is 0 Å². The molecule has 0 unspecified atom stereocenters. The zero-order valence-electron chi connectivity index (χ0n) is 20.7. The van der Waals surface area contributed by atoms with E-state index >= 15 is 4.39 Å². The van der Waals surface area contributed by atoms with E-state index in [-0.39, 0.29) is 37.8 Å². The SMILES string of the molecule is CCOc1n[nH]c(-c2cc(C(=O)N3CCC(F)(c4ccccc4C#N)CC3)c(CC)cc2C2CC2)n1. The molecule has 2 aliphatic rings. The van der Waals surface area contributed by atoms with Crippen LogP contribution in [0.5, 0.6) is 6.01 Å². The number of rotatable bonds is 7. The number of alkyl halides is 1. The fourth-order valence-corrected chi connectivity index (χ4v) is 5.13. The molecule has 8 heteroatoms. The second-order valence-corrected chi connectivity index (χ2v) is 9.54. The number of nitrogens with zero attached hydrogens (tertiary/aromatic N) is 4. The number of halogens is 1. The van der Waals surface area contributed by atoms with Crippen LogP contribution < -0.4 is 4.74 Å². The highest BCUT2D eigenvalue weighted by molar-refractivity contribution is 5.97. The summed E-state index contributed by atoms with van der Waals surface area (Å²) in [5.74, 6) is 0.944. The van der Waals surface area contributed by atoms with Crippen LogP contribution in [0, 0.1) is 11.3 Å². The molecule has 1 saturated heterocycles. The number of hydrogen-bond donors (Lipinski definition) is 1. The second kappa shape index (κ2) is 9.73. The van der Waals surface area contributed by atoms with Gasteiger partial charge in [-0.25, -0.2) is 4.39 Å². The Hall–Kier alpha value is -3.73. The molecule has 1 saturated carbocycles. The fourth-order valence-electron chi connectivity index (χ4n) is 5.13. The summed E-state index contributed by atoms with van der Waals surface area (Å²) in [6, 6.07) is 13.3. The first kappa shape index (κ1) is 24.0. The van der Waals surface area contributed by atoms with E-state index in [1.54, 1.807) is 29.2 Å². The van der Waals surface area contributed by atoms with Crippen LogP contribution in [-0.2, 0) is 12.1 Å². The van der Waals surface area contributed by atoms with E-state index in [0.29, 0.717) is 35.0 Å². The van der Waals surface area contributed by atoms with Crippen molar-refractivity contribution in [3.63, 3.8) is 0 Å². The highest BCUT2D eigenvalue weighted by atomic mass is 19.1. The van der Waals surface area contributed by atoms with Gasteiger partial charge in [0.1, 0.15) is 5.67 Å². The van der Waals surface area contributed by atoms with Crippen LogP contribution in [0.15, 0.2) is 36.4 Å². The van der Waals surface area contributed by atoms with Gasteiger partial charge in [-0.05, 0) is 55.4 Å². The molecule has 2 fully saturated rings. The number of amides is 1. The summed E-state index contributed by atoms with van der Waals surface area (Å²) < 4.78 is 21.3. The average Bonchev–Trinajstić information content (AvgIpc) is 3.66. The van der Waals surface area contributed by atoms with E-state index in [9.17, 15) is 10.1 Å². The van der Waals surface area contributed by atoms with Crippen molar-refractivity contribution in [1.82, 2.24) is 20.1 Å². The number of carbonyl (C=O) groups excluding carboxylic acids is 1. The predicted molar refractivity (Wildman–Crippen MR) is 133 cm³/mol. The minimum Gasteiger partial charge on any atom is -0.463 e. The van der Waals surface area contributed by atoms with Gasteiger partial charge in [0.25, 0.3) is 5.91 Å². The maximum atomic E-state index is 15.9. The van der Waals surface area contributed by atoms with Crippen LogP contribution in [0.4, 0.5) is 4.39 Å². The topological polar surface area (TPSA) is 94.9 Å². The Labute approximate surface area is 210 Å². The Balaban J connectivity index is 1.43. The van der Waals surface area contributed by atoms with Gasteiger partial charge in [0.2, 0.25) is 0 Å². The van der Waals surface area contributed by atoms with Crippen molar-refractivity contribution in [3.05, 3.63) is 64.2 Å². The first-order valence-electron chi connectivity index (χ1n) is 12.7. The van der Waals surface area contributed by atoms with Crippen LogP contribution in [0.3, 0.4) is 0 Å². The molecule has 0 bridgehead atoms. The van der Waals surface area contributed by atoms with Crippen molar-refractivity contribution in [2.45, 2.75) is 57.5 Å². The molecule has 2 heterocycles. The second-order valence-electron chi connectivity index (χ2n) is 9.54. The summed E-state index contributed by atoms with van der Waals surface area (Å²) in [6.07, 6.45) is 3.27. The number of aromatic nitrogens is 3. The fraction of sp³-hybridized carbons (Fsp3) is 0.429. The highest BCUT2D eigenvalue weighted by Gasteiger charge is 2.40.